The van der Waals surface area contributed by atoms with Crippen LogP contribution in [0.5, 0.6) is 0 Å². The number of carbonyl (C=O) groups excluding carboxylic acids is 3. The van der Waals surface area contributed by atoms with E-state index in [-0.39, 0.29) is 4.90 Å². The molecule has 1 fully saturated rings. The number of β-lactam (4-membered cyclic amide) rings is 1. The van der Waals surface area contributed by atoms with Gasteiger partial charge < -0.3 is 10.1 Å². The van der Waals surface area contributed by atoms with Crippen molar-refractivity contribution < 1.29 is 53.9 Å². The molecule has 0 aliphatic carbocycles. The summed E-state index contributed by atoms with van der Waals surface area (Å²) in [7, 11) is -4.93. The van der Waals surface area contributed by atoms with Gasteiger partial charge in [0.15, 0.2) is 15.2 Å². The van der Waals surface area contributed by atoms with E-state index < -0.39 is 75.0 Å². The number of hydrogen-bond acceptors (Lipinski definition) is 6. The largest absolute Gasteiger partial charge is 0.471 e. The van der Waals surface area contributed by atoms with Crippen molar-refractivity contribution in [3.05, 3.63) is 47.2 Å². The van der Waals surface area contributed by atoms with Crippen LogP contribution < -0.4 is 5.32 Å². The van der Waals surface area contributed by atoms with Crippen LogP contribution in [-0.4, -0.2) is 60.6 Å². The Morgan fingerprint density at radius 3 is 2.22 bits per heavy atom. The maximum absolute atomic E-state index is 13.5. The van der Waals surface area contributed by atoms with Gasteiger partial charge in [-0.3, -0.25) is 14.5 Å². The number of rotatable bonds is 4. The molecule has 0 saturated carbocycles. The zero-order valence-electron chi connectivity index (χ0n) is 15.5. The van der Waals surface area contributed by atoms with E-state index >= 15 is 0 Å². The van der Waals surface area contributed by atoms with Crippen molar-refractivity contribution in [3.8, 4) is 0 Å². The van der Waals surface area contributed by atoms with Crippen molar-refractivity contribution in [3.63, 3.8) is 0 Å². The van der Waals surface area contributed by atoms with E-state index in [0.717, 1.165) is 5.32 Å². The average Bonchev–Trinajstić information content (AvgIpc) is 2.68. The minimum absolute atomic E-state index is 0.101. The Morgan fingerprint density at radius 1 is 1.09 bits per heavy atom. The molecule has 2 heterocycles. The van der Waals surface area contributed by atoms with Gasteiger partial charge in [-0.1, -0.05) is 30.3 Å². The number of benzene rings is 1. The summed E-state index contributed by atoms with van der Waals surface area (Å²) in [6.07, 6.45) is -10.9. The van der Waals surface area contributed by atoms with Gasteiger partial charge in [0.2, 0.25) is 0 Å². The number of alkyl halides is 6. The number of halogens is 6. The molecule has 0 bridgehead atoms. The van der Waals surface area contributed by atoms with E-state index in [4.69, 9.17) is 4.74 Å². The Labute approximate surface area is 175 Å². The molecular formula is C17H12F6N2O6S. The minimum atomic E-state index is -5.48. The van der Waals surface area contributed by atoms with Crippen molar-refractivity contribution in [1.29, 1.82) is 0 Å². The second-order valence-electron chi connectivity index (χ2n) is 6.74. The monoisotopic (exact) mass is 486 g/mol. The molecule has 15 heteroatoms. The molecule has 1 aromatic rings. The third-order valence-electron chi connectivity index (χ3n) is 4.58. The third-order valence-corrected chi connectivity index (χ3v) is 6.49. The number of nitrogens with one attached hydrogen (secondary N) is 1. The van der Waals surface area contributed by atoms with Crippen LogP contribution >= 0.6 is 0 Å². The predicted octanol–water partition coefficient (Wildman–Crippen LogP) is 1.19. The van der Waals surface area contributed by atoms with E-state index in [0.29, 0.717) is 5.56 Å². The van der Waals surface area contributed by atoms with Crippen LogP contribution in [0.1, 0.15) is 5.56 Å². The van der Waals surface area contributed by atoms with Gasteiger partial charge in [0.25, 0.3) is 5.91 Å². The standard InChI is InChI=1S/C17H12F6N2O6S/c18-16(19,20)9-7-32(29,30)13-10(24-15(28)17(21,22)23)12(26)25(13)11(9)14(27)31-6-8-4-2-1-3-5-8/h1-5,10,13H,6-7H2,(H,24,28). The van der Waals surface area contributed by atoms with Gasteiger partial charge >= 0.3 is 24.2 Å². The smallest absolute Gasteiger partial charge is 0.456 e. The molecule has 2 atom stereocenters. The van der Waals surface area contributed by atoms with Gasteiger partial charge in [-0.15, -0.1) is 0 Å². The first-order valence-electron chi connectivity index (χ1n) is 8.58. The van der Waals surface area contributed by atoms with Crippen LogP contribution in [0.25, 0.3) is 0 Å². The van der Waals surface area contributed by atoms with Gasteiger partial charge in [-0.25, -0.2) is 13.2 Å². The molecule has 2 amide bonds. The van der Waals surface area contributed by atoms with Gasteiger partial charge in [0, 0.05) is 0 Å². The van der Waals surface area contributed by atoms with E-state index in [9.17, 15) is 49.1 Å². The molecule has 174 valence electrons. The zero-order chi connectivity index (χ0) is 24.1. The fraction of sp³-hybridized carbons (Fsp3) is 0.353. The molecule has 1 N–H and O–H groups in total. The summed E-state index contributed by atoms with van der Waals surface area (Å²) in [4.78, 5) is 35.7. The van der Waals surface area contributed by atoms with Crippen LogP contribution in [-0.2, 0) is 35.6 Å². The summed E-state index contributed by atoms with van der Waals surface area (Å²) < 4.78 is 107. The second kappa shape index (κ2) is 7.79. The number of amides is 2. The quantitative estimate of drug-likeness (QED) is 0.389. The molecule has 1 saturated heterocycles. The Balaban J connectivity index is 1.96. The summed E-state index contributed by atoms with van der Waals surface area (Å²) in [6.45, 7) is -0.526. The first-order valence-corrected chi connectivity index (χ1v) is 10.3. The van der Waals surface area contributed by atoms with Gasteiger partial charge in [-0.05, 0) is 5.56 Å². The van der Waals surface area contributed by atoms with Crippen molar-refractivity contribution >= 4 is 27.6 Å². The minimum Gasteiger partial charge on any atom is -0.456 e. The molecule has 1 aromatic carbocycles. The number of hydrogen-bond donors (Lipinski definition) is 1. The van der Waals surface area contributed by atoms with Crippen molar-refractivity contribution in [1.82, 2.24) is 10.2 Å². The van der Waals surface area contributed by atoms with Crippen molar-refractivity contribution in [2.24, 2.45) is 0 Å². The highest BCUT2D eigenvalue weighted by atomic mass is 32.2. The van der Waals surface area contributed by atoms with Crippen LogP contribution in [0.3, 0.4) is 0 Å². The maximum atomic E-state index is 13.5. The number of fused-ring (bicyclic) bond motifs is 1. The molecule has 0 spiro atoms. The highest BCUT2D eigenvalue weighted by Crippen LogP contribution is 2.42. The lowest BCUT2D eigenvalue weighted by Gasteiger charge is -2.49. The molecule has 8 nitrogen and oxygen atoms in total. The highest BCUT2D eigenvalue weighted by Gasteiger charge is 2.64. The molecular weight excluding hydrogens is 474 g/mol. The molecule has 2 aliphatic heterocycles. The second-order valence-corrected chi connectivity index (χ2v) is 8.84. The highest BCUT2D eigenvalue weighted by molar-refractivity contribution is 7.92. The topological polar surface area (TPSA) is 110 Å². The number of nitrogens with zero attached hydrogens (tertiary/aromatic N) is 1. The predicted molar refractivity (Wildman–Crippen MR) is 91.7 cm³/mol. The molecule has 32 heavy (non-hydrogen) atoms. The Morgan fingerprint density at radius 2 is 1.69 bits per heavy atom. The molecule has 2 aliphatic rings. The summed E-state index contributed by atoms with van der Waals surface area (Å²) >= 11 is 0. The van der Waals surface area contributed by atoms with Crippen molar-refractivity contribution in [2.75, 3.05) is 5.75 Å². The SMILES string of the molecule is O=C(OCc1ccccc1)C1=C(C(F)(F)F)CS(=O)(=O)C2C(NC(=O)C(F)(F)F)C(=O)N12. The third kappa shape index (κ3) is 4.28. The molecule has 3 rings (SSSR count). The Hall–Kier alpha value is -3.10. The Kier molecular flexibility index (Phi) is 5.74. The van der Waals surface area contributed by atoms with E-state index in [1.165, 1.54) is 12.1 Å². The number of sulfone groups is 1. The molecule has 0 radical (unpaired) electrons. The number of esters is 1. The van der Waals surface area contributed by atoms with Crippen molar-refractivity contribution in [2.45, 2.75) is 30.4 Å². The lowest BCUT2D eigenvalue weighted by atomic mass is 10.0. The van der Waals surface area contributed by atoms with Gasteiger partial charge in [0.1, 0.15) is 18.3 Å². The summed E-state index contributed by atoms with van der Waals surface area (Å²) in [6, 6.07) is 5.32. The average molecular weight is 486 g/mol. The molecule has 0 aromatic heterocycles. The zero-order valence-corrected chi connectivity index (χ0v) is 16.3. The fourth-order valence-corrected chi connectivity index (χ4v) is 5.16. The summed E-state index contributed by atoms with van der Waals surface area (Å²) in [5.41, 5.74) is -2.99. The van der Waals surface area contributed by atoms with E-state index in [1.807, 2.05) is 0 Å². The van der Waals surface area contributed by atoms with E-state index in [1.54, 1.807) is 18.2 Å². The fourth-order valence-electron chi connectivity index (χ4n) is 3.16. The lowest BCUT2D eigenvalue weighted by molar-refractivity contribution is -0.177. The first-order chi connectivity index (χ1) is 14.6. The van der Waals surface area contributed by atoms with Crippen LogP contribution in [0.2, 0.25) is 0 Å². The van der Waals surface area contributed by atoms with E-state index in [2.05, 4.69) is 0 Å². The summed E-state index contributed by atoms with van der Waals surface area (Å²) in [5.74, 6) is -7.79. The summed E-state index contributed by atoms with van der Waals surface area (Å²) in [5, 5.41) is -1.19. The normalized spacial score (nSPS) is 22.7. The van der Waals surface area contributed by atoms with Crippen LogP contribution in [0.15, 0.2) is 41.6 Å². The number of carbonyl (C=O) groups is 3. The lowest BCUT2D eigenvalue weighted by Crippen LogP contribution is -2.75. The maximum Gasteiger partial charge on any atom is 0.471 e. The van der Waals surface area contributed by atoms with Gasteiger partial charge in [-0.2, -0.15) is 26.3 Å². The first kappa shape index (κ1) is 23.6. The van der Waals surface area contributed by atoms with Gasteiger partial charge in [0.05, 0.1) is 11.3 Å². The number of ether oxygens (including phenoxy) is 1. The Bertz CT molecular complexity index is 1100. The molecule has 2 unspecified atom stereocenters. The van der Waals surface area contributed by atoms with Crippen LogP contribution in [0.4, 0.5) is 26.3 Å². The van der Waals surface area contributed by atoms with Crippen LogP contribution in [0, 0.1) is 0 Å².